The number of unbranched alkanes of at least 4 members (excludes halogenated alkanes) is 18. The monoisotopic (exact) mass is 462 g/mol. The summed E-state index contributed by atoms with van der Waals surface area (Å²) >= 11 is 0. The number of allylic oxidation sites excluding steroid dienone is 4. The van der Waals surface area contributed by atoms with Crippen molar-refractivity contribution in [3.05, 3.63) is 24.3 Å². The first-order valence-electron chi connectivity index (χ1n) is 14.8. The average molecular weight is 463 g/mol. The summed E-state index contributed by atoms with van der Waals surface area (Å²) in [6.45, 7) is 5.15. The molecule has 2 nitrogen and oxygen atoms in total. The molecule has 0 aliphatic carbocycles. The zero-order valence-electron chi connectivity index (χ0n) is 22.6. The van der Waals surface area contributed by atoms with E-state index in [2.05, 4.69) is 38.2 Å². The van der Waals surface area contributed by atoms with Crippen LogP contribution in [-0.2, 0) is 9.53 Å². The van der Waals surface area contributed by atoms with Gasteiger partial charge in [-0.05, 0) is 44.9 Å². The largest absolute Gasteiger partial charge is 0.466 e. The fraction of sp³-hybridized carbons (Fsp3) is 0.839. The van der Waals surface area contributed by atoms with Gasteiger partial charge in [0.05, 0.1) is 6.61 Å². The maximum atomic E-state index is 11.8. The van der Waals surface area contributed by atoms with Gasteiger partial charge in [0, 0.05) is 6.42 Å². The SMILES string of the molecule is CCCCCC=CCC=CCCCCCCCC(=O)OCCCCCCCCCCCCC. The van der Waals surface area contributed by atoms with Crippen molar-refractivity contribution in [3.8, 4) is 0 Å². The van der Waals surface area contributed by atoms with Crippen molar-refractivity contribution < 1.29 is 9.53 Å². The number of ether oxygens (including phenoxy) is 1. The molecule has 33 heavy (non-hydrogen) atoms. The molecule has 0 heterocycles. The van der Waals surface area contributed by atoms with Crippen LogP contribution in [0.2, 0.25) is 0 Å². The van der Waals surface area contributed by atoms with Crippen LogP contribution in [0.1, 0.15) is 162 Å². The standard InChI is InChI=1S/C31H58O2/c1-3-5-7-9-11-13-15-16-17-18-19-21-23-25-27-29-31(32)33-30-28-26-24-22-20-14-12-10-8-6-4-2/h11,13,16-17H,3-10,12,14-15,18-30H2,1-2H3. The molecule has 0 aromatic heterocycles. The van der Waals surface area contributed by atoms with Crippen molar-refractivity contribution in [3.63, 3.8) is 0 Å². The fourth-order valence-corrected chi connectivity index (χ4v) is 4.11. The number of hydrogen-bond donors (Lipinski definition) is 0. The van der Waals surface area contributed by atoms with E-state index < -0.39 is 0 Å². The van der Waals surface area contributed by atoms with E-state index in [9.17, 15) is 4.79 Å². The summed E-state index contributed by atoms with van der Waals surface area (Å²) in [6.07, 6.45) is 37.8. The minimum Gasteiger partial charge on any atom is -0.466 e. The van der Waals surface area contributed by atoms with E-state index >= 15 is 0 Å². The summed E-state index contributed by atoms with van der Waals surface area (Å²) in [4.78, 5) is 11.8. The molecular weight excluding hydrogens is 404 g/mol. The summed E-state index contributed by atoms with van der Waals surface area (Å²) in [5.41, 5.74) is 0. The Labute approximate surface area is 208 Å². The third-order valence-corrected chi connectivity index (χ3v) is 6.34. The van der Waals surface area contributed by atoms with Crippen LogP contribution >= 0.6 is 0 Å². The van der Waals surface area contributed by atoms with Gasteiger partial charge in [-0.3, -0.25) is 4.79 Å². The first kappa shape index (κ1) is 31.9. The Morgan fingerprint density at radius 1 is 0.515 bits per heavy atom. The maximum Gasteiger partial charge on any atom is 0.305 e. The van der Waals surface area contributed by atoms with Gasteiger partial charge in [-0.1, -0.05) is 134 Å². The van der Waals surface area contributed by atoms with Crippen LogP contribution in [0.5, 0.6) is 0 Å². The third kappa shape index (κ3) is 28.9. The van der Waals surface area contributed by atoms with Gasteiger partial charge in [0.1, 0.15) is 0 Å². The van der Waals surface area contributed by atoms with E-state index in [-0.39, 0.29) is 5.97 Å². The Morgan fingerprint density at radius 2 is 0.939 bits per heavy atom. The molecule has 0 saturated heterocycles. The molecule has 0 saturated carbocycles. The van der Waals surface area contributed by atoms with E-state index in [1.807, 2.05) is 0 Å². The van der Waals surface area contributed by atoms with Crippen molar-refractivity contribution in [2.24, 2.45) is 0 Å². The topological polar surface area (TPSA) is 26.3 Å². The molecule has 0 fully saturated rings. The first-order valence-corrected chi connectivity index (χ1v) is 14.8. The molecular formula is C31H58O2. The molecule has 0 aliphatic rings. The van der Waals surface area contributed by atoms with Gasteiger partial charge in [-0.2, -0.15) is 0 Å². The molecule has 0 N–H and O–H groups in total. The summed E-state index contributed by atoms with van der Waals surface area (Å²) in [5.74, 6) is 0.00719. The summed E-state index contributed by atoms with van der Waals surface area (Å²) in [7, 11) is 0. The van der Waals surface area contributed by atoms with Crippen LogP contribution in [0, 0.1) is 0 Å². The second-order valence-electron chi connectivity index (χ2n) is 9.74. The lowest BCUT2D eigenvalue weighted by molar-refractivity contribution is -0.143. The summed E-state index contributed by atoms with van der Waals surface area (Å²) < 4.78 is 5.39. The molecule has 0 unspecified atom stereocenters. The molecule has 0 aromatic rings. The smallest absolute Gasteiger partial charge is 0.305 e. The Morgan fingerprint density at radius 3 is 1.52 bits per heavy atom. The molecule has 0 amide bonds. The molecule has 0 atom stereocenters. The average Bonchev–Trinajstić information content (AvgIpc) is 2.82. The van der Waals surface area contributed by atoms with Crippen LogP contribution in [0.3, 0.4) is 0 Å². The van der Waals surface area contributed by atoms with Crippen LogP contribution in [0.25, 0.3) is 0 Å². The second kappa shape index (κ2) is 29.0. The van der Waals surface area contributed by atoms with Gasteiger partial charge >= 0.3 is 5.97 Å². The molecule has 0 aromatic carbocycles. The summed E-state index contributed by atoms with van der Waals surface area (Å²) in [6, 6.07) is 0. The number of hydrogen-bond acceptors (Lipinski definition) is 2. The molecule has 0 spiro atoms. The first-order chi connectivity index (χ1) is 16.3. The number of carbonyl (C=O) groups excluding carboxylic acids is 1. The quantitative estimate of drug-likeness (QED) is 0.0725. The highest BCUT2D eigenvalue weighted by molar-refractivity contribution is 5.69. The van der Waals surface area contributed by atoms with E-state index in [0.29, 0.717) is 13.0 Å². The fourth-order valence-electron chi connectivity index (χ4n) is 4.11. The van der Waals surface area contributed by atoms with Crippen molar-refractivity contribution in [1.29, 1.82) is 0 Å². The minimum absolute atomic E-state index is 0.00719. The lowest BCUT2D eigenvalue weighted by Gasteiger charge is -2.05. The molecule has 0 rings (SSSR count). The van der Waals surface area contributed by atoms with E-state index in [0.717, 1.165) is 25.7 Å². The number of rotatable bonds is 26. The van der Waals surface area contributed by atoms with Crippen LogP contribution in [-0.4, -0.2) is 12.6 Å². The minimum atomic E-state index is 0.00719. The number of carbonyl (C=O) groups is 1. The second-order valence-corrected chi connectivity index (χ2v) is 9.74. The number of esters is 1. The normalized spacial score (nSPS) is 11.7. The van der Waals surface area contributed by atoms with Gasteiger partial charge in [0.2, 0.25) is 0 Å². The van der Waals surface area contributed by atoms with Crippen LogP contribution in [0.4, 0.5) is 0 Å². The van der Waals surface area contributed by atoms with Crippen LogP contribution in [0.15, 0.2) is 24.3 Å². The zero-order chi connectivity index (χ0) is 24.1. The van der Waals surface area contributed by atoms with Gasteiger partial charge in [0.25, 0.3) is 0 Å². The highest BCUT2D eigenvalue weighted by Crippen LogP contribution is 2.12. The van der Waals surface area contributed by atoms with Crippen molar-refractivity contribution >= 4 is 5.97 Å². The van der Waals surface area contributed by atoms with Gasteiger partial charge in [-0.15, -0.1) is 0 Å². The Hall–Kier alpha value is -1.05. The molecule has 0 aliphatic heterocycles. The predicted octanol–water partition coefficient (Wildman–Crippen LogP) is 10.7. The maximum absolute atomic E-state index is 11.8. The summed E-state index contributed by atoms with van der Waals surface area (Å²) in [5, 5.41) is 0. The molecule has 2 heteroatoms. The zero-order valence-corrected chi connectivity index (χ0v) is 22.6. The molecule has 0 bridgehead atoms. The van der Waals surface area contributed by atoms with E-state index in [1.165, 1.54) is 116 Å². The molecule has 0 radical (unpaired) electrons. The third-order valence-electron chi connectivity index (χ3n) is 6.34. The lowest BCUT2D eigenvalue weighted by atomic mass is 10.1. The van der Waals surface area contributed by atoms with Crippen LogP contribution < -0.4 is 0 Å². The highest BCUT2D eigenvalue weighted by Gasteiger charge is 2.02. The van der Waals surface area contributed by atoms with E-state index in [4.69, 9.17) is 4.74 Å². The lowest BCUT2D eigenvalue weighted by Crippen LogP contribution is -2.05. The van der Waals surface area contributed by atoms with Crippen molar-refractivity contribution in [2.75, 3.05) is 6.61 Å². The Kier molecular flexibility index (Phi) is 28.1. The Balaban J connectivity index is 3.24. The van der Waals surface area contributed by atoms with Crippen molar-refractivity contribution in [1.82, 2.24) is 0 Å². The van der Waals surface area contributed by atoms with E-state index in [1.54, 1.807) is 0 Å². The van der Waals surface area contributed by atoms with Crippen molar-refractivity contribution in [2.45, 2.75) is 162 Å². The van der Waals surface area contributed by atoms with Gasteiger partial charge in [-0.25, -0.2) is 0 Å². The molecule has 194 valence electrons. The predicted molar refractivity (Wildman–Crippen MR) is 147 cm³/mol. The Bertz CT molecular complexity index is 438. The van der Waals surface area contributed by atoms with Gasteiger partial charge < -0.3 is 4.74 Å². The van der Waals surface area contributed by atoms with Gasteiger partial charge in [0.15, 0.2) is 0 Å². The highest BCUT2D eigenvalue weighted by atomic mass is 16.5.